The molecule has 4 heteroatoms. The van der Waals surface area contributed by atoms with Crippen molar-refractivity contribution in [2.24, 2.45) is 5.11 Å². The van der Waals surface area contributed by atoms with Crippen molar-refractivity contribution in [3.63, 3.8) is 0 Å². The van der Waals surface area contributed by atoms with Gasteiger partial charge in [-0.3, -0.25) is 0 Å². The lowest BCUT2D eigenvalue weighted by molar-refractivity contribution is 1.03. The van der Waals surface area contributed by atoms with E-state index >= 15 is 0 Å². The number of anilines is 2. The molecule has 2 aromatic carbocycles. The molecule has 4 nitrogen and oxygen atoms in total. The van der Waals surface area contributed by atoms with Crippen LogP contribution < -0.4 is 10.6 Å². The summed E-state index contributed by atoms with van der Waals surface area (Å²) in [4.78, 5) is 2.16. The minimum atomic E-state index is 0.540. The van der Waals surface area contributed by atoms with Gasteiger partial charge >= 0.3 is 0 Å². The summed E-state index contributed by atoms with van der Waals surface area (Å²) in [6, 6.07) is 14.0. The first-order chi connectivity index (χ1) is 9.70. The molecule has 3 rings (SSSR count). The molecule has 1 heterocycles. The molecule has 0 saturated carbocycles. The molecule has 2 aromatic rings. The van der Waals surface area contributed by atoms with Gasteiger partial charge in [-0.2, -0.15) is 5.11 Å². The molecular weight excluding hydrogens is 248 g/mol. The summed E-state index contributed by atoms with van der Waals surface area (Å²) < 4.78 is 0. The summed E-state index contributed by atoms with van der Waals surface area (Å²) in [5, 5.41) is 3.60. The Balaban J connectivity index is 2.19. The van der Waals surface area contributed by atoms with Crippen molar-refractivity contribution in [3.05, 3.63) is 53.6 Å². The van der Waals surface area contributed by atoms with E-state index in [4.69, 9.17) is 11.3 Å². The molecule has 100 valence electrons. The maximum atomic E-state index is 7.36. The third-order valence-corrected chi connectivity index (χ3v) is 3.62. The van der Waals surface area contributed by atoms with Crippen LogP contribution >= 0.6 is 0 Å². The van der Waals surface area contributed by atoms with E-state index in [-0.39, 0.29) is 0 Å². The van der Waals surface area contributed by atoms with Crippen LogP contribution in [0.1, 0.15) is 11.1 Å². The molecule has 20 heavy (non-hydrogen) atoms. The fourth-order valence-electron chi connectivity index (χ4n) is 2.60. The zero-order valence-corrected chi connectivity index (χ0v) is 11.3. The number of hydrogen-bond acceptors (Lipinski definition) is 4. The lowest BCUT2D eigenvalue weighted by Crippen LogP contribution is -2.23. The van der Waals surface area contributed by atoms with Gasteiger partial charge in [0, 0.05) is 24.8 Å². The summed E-state index contributed by atoms with van der Waals surface area (Å²) in [6.07, 6.45) is 2.09. The van der Waals surface area contributed by atoms with Gasteiger partial charge in [-0.1, -0.05) is 30.3 Å². The molecule has 3 N–H and O–H groups in total. The molecule has 0 saturated heterocycles. The van der Waals surface area contributed by atoms with E-state index < -0.39 is 0 Å². The smallest absolute Gasteiger partial charge is 0.117 e. The average molecular weight is 264 g/mol. The predicted molar refractivity (Wildman–Crippen MR) is 83.2 cm³/mol. The Labute approximate surface area is 118 Å². The Bertz CT molecular complexity index is 689. The number of nitrogen functional groups attached to an aromatic ring is 1. The van der Waals surface area contributed by atoms with Crippen LogP contribution in [0.15, 0.2) is 47.6 Å². The van der Waals surface area contributed by atoms with Crippen LogP contribution in [-0.2, 0) is 0 Å². The van der Waals surface area contributed by atoms with Crippen LogP contribution in [0.3, 0.4) is 0 Å². The monoisotopic (exact) mass is 264 g/mol. The molecule has 0 aliphatic carbocycles. The SMILES string of the molecule is CN1CC(c2ccccc2)=Cc2c1ccc(N)c2N=N. The second-order valence-corrected chi connectivity index (χ2v) is 4.94. The second-order valence-electron chi connectivity index (χ2n) is 4.94. The zero-order valence-electron chi connectivity index (χ0n) is 11.3. The Morgan fingerprint density at radius 2 is 1.90 bits per heavy atom. The van der Waals surface area contributed by atoms with E-state index in [2.05, 4.69) is 28.2 Å². The predicted octanol–water partition coefficient (Wildman–Crippen LogP) is 3.92. The number of nitrogens with two attached hydrogens (primary N) is 1. The number of fused-ring (bicyclic) bond motifs is 1. The highest BCUT2D eigenvalue weighted by Gasteiger charge is 2.19. The van der Waals surface area contributed by atoms with Crippen molar-refractivity contribution < 1.29 is 0 Å². The zero-order chi connectivity index (χ0) is 14.1. The Morgan fingerprint density at radius 1 is 1.15 bits per heavy atom. The van der Waals surface area contributed by atoms with Crippen molar-refractivity contribution >= 4 is 28.7 Å². The Hall–Kier alpha value is -2.62. The van der Waals surface area contributed by atoms with Crippen LogP contribution in [0.2, 0.25) is 0 Å². The van der Waals surface area contributed by atoms with E-state index in [0.29, 0.717) is 11.4 Å². The summed E-state index contributed by atoms with van der Waals surface area (Å²) in [5.41, 5.74) is 18.7. The summed E-state index contributed by atoms with van der Waals surface area (Å²) >= 11 is 0. The van der Waals surface area contributed by atoms with Crippen molar-refractivity contribution in [2.75, 3.05) is 24.2 Å². The number of benzene rings is 2. The quantitative estimate of drug-likeness (QED) is 0.637. The number of nitrogens with zero attached hydrogens (tertiary/aromatic N) is 2. The molecule has 0 fully saturated rings. The highest BCUT2D eigenvalue weighted by Crippen LogP contribution is 2.40. The molecule has 0 atom stereocenters. The highest BCUT2D eigenvalue weighted by molar-refractivity contribution is 5.96. The average Bonchev–Trinajstić information content (AvgIpc) is 2.48. The van der Waals surface area contributed by atoms with Crippen LogP contribution in [0.25, 0.3) is 11.6 Å². The number of nitrogens with one attached hydrogen (secondary N) is 1. The summed E-state index contributed by atoms with van der Waals surface area (Å²) in [7, 11) is 2.04. The standard InChI is InChI=1S/C16H16N4/c1-20-10-12(11-5-3-2-4-6-11)9-13-15(20)8-7-14(17)16(13)19-18/h2-9,18H,10,17H2,1H3. The van der Waals surface area contributed by atoms with Gasteiger partial charge in [0.1, 0.15) is 5.69 Å². The molecule has 0 unspecified atom stereocenters. The largest absolute Gasteiger partial charge is 0.397 e. The first-order valence-electron chi connectivity index (χ1n) is 6.48. The van der Waals surface area contributed by atoms with Gasteiger partial charge in [0.15, 0.2) is 0 Å². The van der Waals surface area contributed by atoms with Gasteiger partial charge < -0.3 is 10.6 Å². The third-order valence-electron chi connectivity index (χ3n) is 3.62. The maximum absolute atomic E-state index is 7.36. The van der Waals surface area contributed by atoms with Crippen LogP contribution in [-0.4, -0.2) is 13.6 Å². The molecule has 1 aliphatic heterocycles. The fourth-order valence-corrected chi connectivity index (χ4v) is 2.60. The van der Waals surface area contributed by atoms with Gasteiger partial charge in [0.25, 0.3) is 0 Å². The minimum Gasteiger partial charge on any atom is -0.397 e. The van der Waals surface area contributed by atoms with Crippen molar-refractivity contribution in [2.45, 2.75) is 0 Å². The fraction of sp³-hybridized carbons (Fsp3) is 0.125. The second kappa shape index (κ2) is 4.81. The van der Waals surface area contributed by atoms with E-state index in [1.165, 1.54) is 11.1 Å². The van der Waals surface area contributed by atoms with Crippen molar-refractivity contribution in [1.82, 2.24) is 0 Å². The molecule has 0 amide bonds. The topological polar surface area (TPSA) is 65.5 Å². The van der Waals surface area contributed by atoms with E-state index in [1.807, 2.05) is 37.4 Å². The van der Waals surface area contributed by atoms with E-state index in [0.717, 1.165) is 17.8 Å². The number of hydrogen-bond donors (Lipinski definition) is 2. The first-order valence-corrected chi connectivity index (χ1v) is 6.48. The van der Waals surface area contributed by atoms with Gasteiger partial charge in [-0.05, 0) is 29.3 Å². The summed E-state index contributed by atoms with van der Waals surface area (Å²) in [5.74, 6) is 0. The first kappa shape index (κ1) is 12.4. The van der Waals surface area contributed by atoms with Gasteiger partial charge in [-0.25, -0.2) is 5.53 Å². The van der Waals surface area contributed by atoms with E-state index in [9.17, 15) is 0 Å². The molecule has 1 aliphatic rings. The normalized spacial score (nSPS) is 13.7. The lowest BCUT2D eigenvalue weighted by Gasteiger charge is -2.29. The third kappa shape index (κ3) is 1.95. The van der Waals surface area contributed by atoms with Crippen LogP contribution in [0, 0.1) is 5.53 Å². The van der Waals surface area contributed by atoms with Gasteiger partial charge in [0.05, 0.1) is 5.69 Å². The summed E-state index contributed by atoms with van der Waals surface area (Å²) in [6.45, 7) is 0.832. The van der Waals surface area contributed by atoms with Gasteiger partial charge in [-0.15, -0.1) is 0 Å². The van der Waals surface area contributed by atoms with Gasteiger partial charge in [0.2, 0.25) is 0 Å². The molecule has 0 spiro atoms. The van der Waals surface area contributed by atoms with Crippen LogP contribution in [0.5, 0.6) is 0 Å². The molecule has 0 aromatic heterocycles. The maximum Gasteiger partial charge on any atom is 0.117 e. The minimum absolute atomic E-state index is 0.540. The van der Waals surface area contributed by atoms with Crippen molar-refractivity contribution in [1.29, 1.82) is 5.53 Å². The Morgan fingerprint density at radius 3 is 2.60 bits per heavy atom. The molecule has 0 radical (unpaired) electrons. The Kier molecular flexibility index (Phi) is 2.99. The lowest BCUT2D eigenvalue weighted by atomic mass is 9.96. The molecule has 0 bridgehead atoms. The van der Waals surface area contributed by atoms with E-state index in [1.54, 1.807) is 0 Å². The highest BCUT2D eigenvalue weighted by atomic mass is 15.1. The molecular formula is C16H16N4. The van der Waals surface area contributed by atoms with Crippen LogP contribution in [0.4, 0.5) is 17.1 Å². The van der Waals surface area contributed by atoms with Crippen molar-refractivity contribution in [3.8, 4) is 0 Å². The number of likely N-dealkylation sites (N-methyl/N-ethyl adjacent to an activating group) is 1. The number of rotatable bonds is 2.